The molecule has 1 heterocycles. The van der Waals surface area contributed by atoms with E-state index in [4.69, 9.17) is 23.2 Å². The number of aromatic nitrogens is 2. The molecule has 0 radical (unpaired) electrons. The standard InChI is InChI=1S/C12H12Cl2N2O/c1-16-5-4-15-12(16)7-11(17)9-6-8(13)2-3-10(9)14/h2-6,11,17H,7H2,1H3. The average molecular weight is 271 g/mol. The van der Waals surface area contributed by atoms with E-state index in [0.29, 0.717) is 22.0 Å². The second-order valence-corrected chi connectivity index (χ2v) is 4.68. The fourth-order valence-corrected chi connectivity index (χ4v) is 2.07. The van der Waals surface area contributed by atoms with Crippen LogP contribution in [-0.2, 0) is 13.5 Å². The molecule has 1 N–H and O–H groups in total. The van der Waals surface area contributed by atoms with Crippen molar-refractivity contribution in [1.29, 1.82) is 0 Å². The molecule has 0 fully saturated rings. The second-order valence-electron chi connectivity index (χ2n) is 3.84. The lowest BCUT2D eigenvalue weighted by molar-refractivity contribution is 0.175. The minimum Gasteiger partial charge on any atom is -0.388 e. The zero-order valence-electron chi connectivity index (χ0n) is 9.27. The van der Waals surface area contributed by atoms with Crippen LogP contribution in [0.15, 0.2) is 30.6 Å². The Labute approximate surface area is 110 Å². The molecule has 0 aliphatic heterocycles. The van der Waals surface area contributed by atoms with Crippen molar-refractivity contribution in [2.45, 2.75) is 12.5 Å². The third-order valence-electron chi connectivity index (χ3n) is 2.61. The van der Waals surface area contributed by atoms with E-state index < -0.39 is 6.10 Å². The van der Waals surface area contributed by atoms with E-state index in [-0.39, 0.29) is 0 Å². The zero-order chi connectivity index (χ0) is 12.4. The van der Waals surface area contributed by atoms with Gasteiger partial charge in [-0.3, -0.25) is 0 Å². The van der Waals surface area contributed by atoms with Gasteiger partial charge in [0.05, 0.1) is 6.10 Å². The van der Waals surface area contributed by atoms with Crippen molar-refractivity contribution in [2.24, 2.45) is 7.05 Å². The molecule has 90 valence electrons. The summed E-state index contributed by atoms with van der Waals surface area (Å²) >= 11 is 11.9. The lowest BCUT2D eigenvalue weighted by Crippen LogP contribution is -2.07. The van der Waals surface area contributed by atoms with Crippen LogP contribution in [0.2, 0.25) is 10.0 Å². The van der Waals surface area contributed by atoms with Crippen molar-refractivity contribution in [3.05, 3.63) is 52.0 Å². The molecule has 3 nitrogen and oxygen atoms in total. The molecular weight excluding hydrogens is 259 g/mol. The first kappa shape index (κ1) is 12.4. The number of rotatable bonds is 3. The molecular formula is C12H12Cl2N2O. The first-order valence-electron chi connectivity index (χ1n) is 5.17. The van der Waals surface area contributed by atoms with E-state index in [9.17, 15) is 5.11 Å². The normalized spacial score (nSPS) is 12.7. The fraction of sp³-hybridized carbons (Fsp3) is 0.250. The van der Waals surface area contributed by atoms with Gasteiger partial charge < -0.3 is 9.67 Å². The van der Waals surface area contributed by atoms with Gasteiger partial charge >= 0.3 is 0 Å². The number of hydrogen-bond acceptors (Lipinski definition) is 2. The van der Waals surface area contributed by atoms with Crippen molar-refractivity contribution < 1.29 is 5.11 Å². The molecule has 0 amide bonds. The third kappa shape index (κ3) is 2.80. The zero-order valence-corrected chi connectivity index (χ0v) is 10.8. The summed E-state index contributed by atoms with van der Waals surface area (Å²) < 4.78 is 1.86. The van der Waals surface area contributed by atoms with Crippen LogP contribution in [0.1, 0.15) is 17.5 Å². The molecule has 1 atom stereocenters. The topological polar surface area (TPSA) is 38.0 Å². The highest BCUT2D eigenvalue weighted by atomic mass is 35.5. The molecule has 0 aliphatic carbocycles. The third-order valence-corrected chi connectivity index (χ3v) is 3.19. The molecule has 1 unspecified atom stereocenters. The Balaban J connectivity index is 2.23. The maximum absolute atomic E-state index is 10.1. The van der Waals surface area contributed by atoms with Gasteiger partial charge in [-0.25, -0.2) is 4.98 Å². The molecule has 0 bridgehead atoms. The van der Waals surface area contributed by atoms with Crippen LogP contribution >= 0.6 is 23.2 Å². The van der Waals surface area contributed by atoms with Crippen LogP contribution in [0.25, 0.3) is 0 Å². The van der Waals surface area contributed by atoms with Gasteiger partial charge in [0, 0.05) is 41.5 Å². The van der Waals surface area contributed by atoms with E-state index >= 15 is 0 Å². The molecule has 1 aromatic carbocycles. The Bertz CT molecular complexity index is 525. The minimum atomic E-state index is -0.706. The van der Waals surface area contributed by atoms with E-state index in [1.165, 1.54) is 0 Å². The van der Waals surface area contributed by atoms with Gasteiger partial charge in [-0.05, 0) is 18.2 Å². The molecule has 2 aromatic rings. The molecule has 0 aliphatic rings. The van der Waals surface area contributed by atoms with Crippen molar-refractivity contribution >= 4 is 23.2 Å². The Hall–Kier alpha value is -1.03. The number of benzene rings is 1. The number of hydrogen-bond donors (Lipinski definition) is 1. The summed E-state index contributed by atoms with van der Waals surface area (Å²) in [4.78, 5) is 4.16. The summed E-state index contributed by atoms with van der Waals surface area (Å²) in [5.74, 6) is 0.800. The monoisotopic (exact) mass is 270 g/mol. The van der Waals surface area contributed by atoms with Crippen LogP contribution in [0, 0.1) is 0 Å². The summed E-state index contributed by atoms with van der Waals surface area (Å²) in [6.07, 6.45) is 3.23. The van der Waals surface area contributed by atoms with Crippen molar-refractivity contribution in [3.8, 4) is 0 Å². The van der Waals surface area contributed by atoms with Gasteiger partial charge in [0.1, 0.15) is 5.82 Å². The highest BCUT2D eigenvalue weighted by Gasteiger charge is 2.15. The van der Waals surface area contributed by atoms with Crippen LogP contribution < -0.4 is 0 Å². The summed E-state index contributed by atoms with van der Waals surface area (Å²) in [5.41, 5.74) is 0.627. The summed E-state index contributed by atoms with van der Waals surface area (Å²) in [6.45, 7) is 0. The Morgan fingerprint density at radius 1 is 1.41 bits per heavy atom. The number of halogens is 2. The molecule has 5 heteroatoms. The molecule has 17 heavy (non-hydrogen) atoms. The van der Waals surface area contributed by atoms with E-state index in [2.05, 4.69) is 4.98 Å². The first-order chi connectivity index (χ1) is 8.08. The average Bonchev–Trinajstić information content (AvgIpc) is 2.68. The van der Waals surface area contributed by atoms with Crippen molar-refractivity contribution in [2.75, 3.05) is 0 Å². The molecule has 2 rings (SSSR count). The lowest BCUT2D eigenvalue weighted by Gasteiger charge is -2.12. The maximum Gasteiger partial charge on any atom is 0.111 e. The van der Waals surface area contributed by atoms with Gasteiger partial charge in [-0.2, -0.15) is 0 Å². The number of nitrogens with zero attached hydrogens (tertiary/aromatic N) is 2. The summed E-state index contributed by atoms with van der Waals surface area (Å²) in [6, 6.07) is 5.05. The maximum atomic E-state index is 10.1. The SMILES string of the molecule is Cn1ccnc1CC(O)c1cc(Cl)ccc1Cl. The Morgan fingerprint density at radius 2 is 2.18 bits per heavy atom. The van der Waals surface area contributed by atoms with Gasteiger partial charge in [0.2, 0.25) is 0 Å². The summed E-state index contributed by atoms with van der Waals surface area (Å²) in [5, 5.41) is 11.2. The van der Waals surface area contributed by atoms with Gasteiger partial charge in [-0.15, -0.1) is 0 Å². The van der Waals surface area contributed by atoms with Crippen LogP contribution in [-0.4, -0.2) is 14.7 Å². The number of imidazole rings is 1. The number of aliphatic hydroxyl groups is 1. The Morgan fingerprint density at radius 3 is 2.82 bits per heavy atom. The lowest BCUT2D eigenvalue weighted by atomic mass is 10.1. The van der Waals surface area contributed by atoms with Gasteiger partial charge in [0.25, 0.3) is 0 Å². The predicted octanol–water partition coefficient (Wildman–Crippen LogP) is 3.00. The van der Waals surface area contributed by atoms with E-state index in [1.807, 2.05) is 17.8 Å². The first-order valence-corrected chi connectivity index (χ1v) is 5.92. The van der Waals surface area contributed by atoms with Crippen molar-refractivity contribution in [3.63, 3.8) is 0 Å². The Kier molecular flexibility index (Phi) is 3.72. The second kappa shape index (κ2) is 5.08. The largest absolute Gasteiger partial charge is 0.388 e. The quantitative estimate of drug-likeness (QED) is 0.931. The molecule has 0 saturated carbocycles. The van der Waals surface area contributed by atoms with Crippen molar-refractivity contribution in [1.82, 2.24) is 9.55 Å². The van der Waals surface area contributed by atoms with E-state index in [0.717, 1.165) is 5.82 Å². The summed E-state index contributed by atoms with van der Waals surface area (Å²) in [7, 11) is 1.88. The van der Waals surface area contributed by atoms with Gasteiger partial charge in [-0.1, -0.05) is 23.2 Å². The van der Waals surface area contributed by atoms with Gasteiger partial charge in [0.15, 0.2) is 0 Å². The highest BCUT2D eigenvalue weighted by Crippen LogP contribution is 2.28. The molecule has 0 spiro atoms. The van der Waals surface area contributed by atoms with E-state index in [1.54, 1.807) is 24.4 Å². The smallest absolute Gasteiger partial charge is 0.111 e. The molecule has 1 aromatic heterocycles. The fourth-order valence-electron chi connectivity index (χ4n) is 1.65. The number of aliphatic hydroxyl groups excluding tert-OH is 1. The number of aryl methyl sites for hydroxylation is 1. The minimum absolute atomic E-state index is 0.406. The highest BCUT2D eigenvalue weighted by molar-refractivity contribution is 6.33. The predicted molar refractivity (Wildman–Crippen MR) is 68.3 cm³/mol. The van der Waals surface area contributed by atoms with Crippen LogP contribution in [0.4, 0.5) is 0 Å². The molecule has 0 saturated heterocycles. The van der Waals surface area contributed by atoms with Crippen LogP contribution in [0.5, 0.6) is 0 Å². The van der Waals surface area contributed by atoms with Crippen LogP contribution in [0.3, 0.4) is 0 Å².